The molecule has 1 unspecified atom stereocenters. The smallest absolute Gasteiger partial charge is 0.314 e. The number of aryl methyl sites for hydroxylation is 3. The summed E-state index contributed by atoms with van der Waals surface area (Å²) in [6.07, 6.45) is 1.87. The molecule has 2 aromatic rings. The van der Waals surface area contributed by atoms with Gasteiger partial charge >= 0.3 is 6.03 Å². The van der Waals surface area contributed by atoms with Gasteiger partial charge < -0.3 is 10.6 Å². The van der Waals surface area contributed by atoms with Crippen molar-refractivity contribution in [2.45, 2.75) is 40.2 Å². The quantitative estimate of drug-likeness (QED) is 0.654. The maximum Gasteiger partial charge on any atom is 0.314 e. The molecule has 2 amide bonds. The molecule has 0 saturated carbocycles. The summed E-state index contributed by atoms with van der Waals surface area (Å²) in [5.41, 5.74) is 3.46. The molecule has 2 rings (SSSR count). The third kappa shape index (κ3) is 6.90. The molecular weight excluding hydrogens is 380 g/mol. The van der Waals surface area contributed by atoms with E-state index in [-0.39, 0.29) is 6.03 Å². The lowest BCUT2D eigenvalue weighted by atomic mass is 10.1. The van der Waals surface area contributed by atoms with Crippen molar-refractivity contribution < 1.29 is 4.79 Å². The molecule has 136 valence electrons. The lowest BCUT2D eigenvalue weighted by molar-refractivity contribution is 0.238. The summed E-state index contributed by atoms with van der Waals surface area (Å²) in [6, 6.07) is 10.2. The molecule has 25 heavy (non-hydrogen) atoms. The highest BCUT2D eigenvalue weighted by molar-refractivity contribution is 9.10. The van der Waals surface area contributed by atoms with Crippen molar-refractivity contribution in [3.05, 3.63) is 51.8 Å². The summed E-state index contributed by atoms with van der Waals surface area (Å²) in [5, 5.41) is 10.3. The second-order valence-electron chi connectivity index (χ2n) is 6.58. The van der Waals surface area contributed by atoms with Crippen molar-refractivity contribution in [3.8, 4) is 0 Å². The first-order valence-electron chi connectivity index (χ1n) is 8.71. The van der Waals surface area contributed by atoms with Crippen LogP contribution in [0.1, 0.15) is 30.3 Å². The Labute approximate surface area is 158 Å². The maximum absolute atomic E-state index is 11.9. The van der Waals surface area contributed by atoms with Crippen LogP contribution >= 0.6 is 15.9 Å². The molecule has 0 spiro atoms. The number of aromatic nitrogens is 2. The zero-order valence-electron chi connectivity index (χ0n) is 15.2. The number of carbonyl (C=O) groups excluding carboxylic acids is 1. The molecule has 0 fully saturated rings. The largest absolute Gasteiger partial charge is 0.338 e. The highest BCUT2D eigenvalue weighted by Gasteiger charge is 2.08. The monoisotopic (exact) mass is 406 g/mol. The molecule has 1 atom stereocenters. The highest BCUT2D eigenvalue weighted by atomic mass is 79.9. The third-order valence-corrected chi connectivity index (χ3v) is 4.51. The van der Waals surface area contributed by atoms with Crippen LogP contribution in [0.5, 0.6) is 0 Å². The molecule has 0 aliphatic heterocycles. The number of hydrogen-bond donors (Lipinski definition) is 2. The summed E-state index contributed by atoms with van der Waals surface area (Å²) in [7, 11) is 0. The number of halogens is 1. The molecule has 2 N–H and O–H groups in total. The predicted octanol–water partition coefficient (Wildman–Crippen LogP) is 3.83. The van der Waals surface area contributed by atoms with Gasteiger partial charge in [0.25, 0.3) is 0 Å². The Hall–Kier alpha value is -1.82. The molecule has 0 radical (unpaired) electrons. The summed E-state index contributed by atoms with van der Waals surface area (Å²) in [5.74, 6) is 0.324. The van der Waals surface area contributed by atoms with Gasteiger partial charge in [0.05, 0.1) is 5.69 Å². The molecule has 5 nitrogen and oxygen atoms in total. The van der Waals surface area contributed by atoms with Gasteiger partial charge in [-0.25, -0.2) is 4.79 Å². The Kier molecular flexibility index (Phi) is 7.50. The molecule has 0 saturated heterocycles. The fraction of sp³-hybridized carbons (Fsp3) is 0.474. The number of hydrogen-bond acceptors (Lipinski definition) is 2. The van der Waals surface area contributed by atoms with Gasteiger partial charge in [-0.1, -0.05) is 35.0 Å². The molecule has 0 aliphatic carbocycles. The standard InChI is InChI=1S/C19H27BrN4O/c1-14(13-24-16(3)10-15(2)23-24)12-22-19(25)21-9-5-7-17-6-4-8-18(20)11-17/h4,6,8,10-11,14H,5,7,9,12-13H2,1-3H3,(H2,21,22,25). The number of nitrogens with one attached hydrogen (secondary N) is 2. The van der Waals surface area contributed by atoms with E-state index >= 15 is 0 Å². The lowest BCUT2D eigenvalue weighted by Gasteiger charge is -2.14. The molecule has 6 heteroatoms. The van der Waals surface area contributed by atoms with Crippen molar-refractivity contribution in [3.63, 3.8) is 0 Å². The van der Waals surface area contributed by atoms with E-state index < -0.39 is 0 Å². The number of nitrogens with zero attached hydrogens (tertiary/aromatic N) is 2. The number of urea groups is 1. The number of carbonyl (C=O) groups is 1. The van der Waals surface area contributed by atoms with Crippen LogP contribution in [0.2, 0.25) is 0 Å². The summed E-state index contributed by atoms with van der Waals surface area (Å²) < 4.78 is 3.09. The van der Waals surface area contributed by atoms with Crippen LogP contribution in [0.4, 0.5) is 4.79 Å². The Morgan fingerprint density at radius 2 is 2.08 bits per heavy atom. The minimum absolute atomic E-state index is 0.102. The van der Waals surface area contributed by atoms with Crippen molar-refractivity contribution in [2.75, 3.05) is 13.1 Å². The molecule has 1 heterocycles. The number of rotatable bonds is 8. The first kappa shape index (κ1) is 19.5. The van der Waals surface area contributed by atoms with Gasteiger partial charge in [0, 0.05) is 29.8 Å². The first-order chi connectivity index (χ1) is 11.9. The van der Waals surface area contributed by atoms with E-state index in [4.69, 9.17) is 0 Å². The lowest BCUT2D eigenvalue weighted by Crippen LogP contribution is -2.39. The SMILES string of the molecule is Cc1cc(C)n(CC(C)CNC(=O)NCCCc2cccc(Br)c2)n1. The van der Waals surface area contributed by atoms with Crippen LogP contribution in [-0.2, 0) is 13.0 Å². The van der Waals surface area contributed by atoms with Gasteiger partial charge in [0.1, 0.15) is 0 Å². The van der Waals surface area contributed by atoms with E-state index in [1.807, 2.05) is 23.7 Å². The zero-order chi connectivity index (χ0) is 18.2. The van der Waals surface area contributed by atoms with Crippen molar-refractivity contribution >= 4 is 22.0 Å². The van der Waals surface area contributed by atoms with E-state index in [0.29, 0.717) is 19.0 Å². The van der Waals surface area contributed by atoms with E-state index in [0.717, 1.165) is 35.2 Å². The molecule has 0 bridgehead atoms. The van der Waals surface area contributed by atoms with E-state index in [2.05, 4.69) is 63.7 Å². The Morgan fingerprint density at radius 3 is 2.76 bits per heavy atom. The summed E-state index contributed by atoms with van der Waals surface area (Å²) >= 11 is 3.47. The van der Waals surface area contributed by atoms with Crippen LogP contribution in [-0.4, -0.2) is 28.9 Å². The fourth-order valence-electron chi connectivity index (χ4n) is 2.74. The van der Waals surface area contributed by atoms with Gasteiger partial charge in [-0.05, 0) is 56.4 Å². The van der Waals surface area contributed by atoms with E-state index in [1.165, 1.54) is 5.56 Å². The van der Waals surface area contributed by atoms with Crippen LogP contribution < -0.4 is 10.6 Å². The van der Waals surface area contributed by atoms with Crippen molar-refractivity contribution in [1.82, 2.24) is 20.4 Å². The van der Waals surface area contributed by atoms with Crippen LogP contribution in [0.25, 0.3) is 0 Å². The normalized spacial score (nSPS) is 12.0. The Morgan fingerprint density at radius 1 is 1.28 bits per heavy atom. The summed E-state index contributed by atoms with van der Waals surface area (Å²) in [4.78, 5) is 11.9. The van der Waals surface area contributed by atoms with Crippen LogP contribution in [0.15, 0.2) is 34.8 Å². The van der Waals surface area contributed by atoms with Gasteiger partial charge in [0.2, 0.25) is 0 Å². The molecule has 0 aliphatic rings. The topological polar surface area (TPSA) is 59.0 Å². The van der Waals surface area contributed by atoms with Crippen molar-refractivity contribution in [2.24, 2.45) is 5.92 Å². The number of amides is 2. The molecule has 1 aromatic heterocycles. The first-order valence-corrected chi connectivity index (χ1v) is 9.50. The number of benzene rings is 1. The van der Waals surface area contributed by atoms with Crippen molar-refractivity contribution in [1.29, 1.82) is 0 Å². The second-order valence-corrected chi connectivity index (χ2v) is 7.50. The third-order valence-electron chi connectivity index (χ3n) is 4.02. The average molecular weight is 407 g/mol. The van der Waals surface area contributed by atoms with Gasteiger partial charge in [-0.2, -0.15) is 5.10 Å². The highest BCUT2D eigenvalue weighted by Crippen LogP contribution is 2.12. The van der Waals surface area contributed by atoms with Gasteiger partial charge in [0.15, 0.2) is 0 Å². The predicted molar refractivity (Wildman–Crippen MR) is 105 cm³/mol. The van der Waals surface area contributed by atoms with Crippen LogP contribution in [0, 0.1) is 19.8 Å². The maximum atomic E-state index is 11.9. The molecule has 1 aromatic carbocycles. The van der Waals surface area contributed by atoms with Gasteiger partial charge in [-0.3, -0.25) is 4.68 Å². The second kappa shape index (κ2) is 9.61. The van der Waals surface area contributed by atoms with E-state index in [1.54, 1.807) is 0 Å². The zero-order valence-corrected chi connectivity index (χ0v) is 16.8. The molecular formula is C19H27BrN4O. The van der Waals surface area contributed by atoms with Gasteiger partial charge in [-0.15, -0.1) is 0 Å². The fourth-order valence-corrected chi connectivity index (χ4v) is 3.18. The Bertz CT molecular complexity index is 698. The average Bonchev–Trinajstić information content (AvgIpc) is 2.87. The minimum Gasteiger partial charge on any atom is -0.338 e. The van der Waals surface area contributed by atoms with E-state index in [9.17, 15) is 4.79 Å². The minimum atomic E-state index is -0.102. The van der Waals surface area contributed by atoms with Crippen LogP contribution in [0.3, 0.4) is 0 Å². The Balaban J connectivity index is 1.61. The summed E-state index contributed by atoms with van der Waals surface area (Å²) in [6.45, 7) is 8.28.